The molecule has 0 saturated carbocycles. The molecule has 0 radical (unpaired) electrons. The third kappa shape index (κ3) is 6.07. The molecule has 1 saturated heterocycles. The number of hydrazine groups is 1. The van der Waals surface area contributed by atoms with Crippen LogP contribution in [-0.2, 0) is 23.9 Å². The molecule has 0 aliphatic carbocycles. The first-order valence-corrected chi connectivity index (χ1v) is 10.2. The molecule has 11 heteroatoms. The molecule has 2 aromatic carbocycles. The van der Waals surface area contributed by atoms with Crippen molar-refractivity contribution in [2.24, 2.45) is 5.92 Å². The Bertz CT molecular complexity index is 1090. The number of methoxy groups -OCH3 is 1. The summed E-state index contributed by atoms with van der Waals surface area (Å²) < 4.78 is 9.60. The van der Waals surface area contributed by atoms with Gasteiger partial charge < -0.3 is 14.8 Å². The van der Waals surface area contributed by atoms with E-state index in [4.69, 9.17) is 16.3 Å². The van der Waals surface area contributed by atoms with Crippen LogP contribution >= 0.6 is 11.6 Å². The molecular weight excluding hydrogens is 454 g/mol. The number of nitrogens with one attached hydrogen (secondary N) is 2. The van der Waals surface area contributed by atoms with Crippen LogP contribution in [0.1, 0.15) is 27.1 Å². The second-order valence-electron chi connectivity index (χ2n) is 7.05. The van der Waals surface area contributed by atoms with Crippen LogP contribution in [0.15, 0.2) is 48.5 Å². The van der Waals surface area contributed by atoms with Gasteiger partial charge in [0, 0.05) is 12.1 Å². The molecule has 10 nitrogen and oxygen atoms in total. The molecule has 1 fully saturated rings. The predicted octanol–water partition coefficient (Wildman–Crippen LogP) is 1.80. The van der Waals surface area contributed by atoms with E-state index in [2.05, 4.69) is 15.5 Å². The van der Waals surface area contributed by atoms with Crippen molar-refractivity contribution in [1.82, 2.24) is 10.4 Å². The Hall–Kier alpha value is -3.92. The van der Waals surface area contributed by atoms with Gasteiger partial charge in [-0.3, -0.25) is 29.6 Å². The Balaban J connectivity index is 1.47. The zero-order valence-electron chi connectivity index (χ0n) is 17.5. The first-order chi connectivity index (χ1) is 15.8. The first-order valence-electron chi connectivity index (χ1n) is 9.79. The second kappa shape index (κ2) is 10.6. The van der Waals surface area contributed by atoms with Gasteiger partial charge in [0.25, 0.3) is 11.8 Å². The first kappa shape index (κ1) is 23.7. The smallest absolute Gasteiger partial charge is 0.337 e. The molecule has 1 aliphatic rings. The van der Waals surface area contributed by atoms with Crippen molar-refractivity contribution in [3.05, 3.63) is 64.7 Å². The van der Waals surface area contributed by atoms with Crippen molar-refractivity contribution in [3.63, 3.8) is 0 Å². The summed E-state index contributed by atoms with van der Waals surface area (Å²) in [6.07, 6.45) is -0.168. The highest BCUT2D eigenvalue weighted by molar-refractivity contribution is 6.33. The van der Waals surface area contributed by atoms with Gasteiger partial charge in [-0.2, -0.15) is 0 Å². The van der Waals surface area contributed by atoms with Crippen molar-refractivity contribution < 1.29 is 33.4 Å². The average molecular weight is 474 g/mol. The number of rotatable bonds is 7. The van der Waals surface area contributed by atoms with Crippen molar-refractivity contribution >= 4 is 46.9 Å². The number of hydrogen-bond acceptors (Lipinski definition) is 7. The maximum Gasteiger partial charge on any atom is 0.337 e. The van der Waals surface area contributed by atoms with Gasteiger partial charge in [-0.05, 0) is 36.4 Å². The van der Waals surface area contributed by atoms with E-state index >= 15 is 0 Å². The van der Waals surface area contributed by atoms with Gasteiger partial charge in [0.2, 0.25) is 5.91 Å². The molecule has 0 unspecified atom stereocenters. The van der Waals surface area contributed by atoms with Crippen LogP contribution in [0.3, 0.4) is 0 Å². The van der Waals surface area contributed by atoms with E-state index < -0.39 is 42.2 Å². The summed E-state index contributed by atoms with van der Waals surface area (Å²) in [6.45, 7) is -0.654. The third-order valence-electron chi connectivity index (χ3n) is 4.75. The molecule has 33 heavy (non-hydrogen) atoms. The second-order valence-corrected chi connectivity index (χ2v) is 7.46. The Morgan fingerprint density at radius 1 is 1.09 bits per heavy atom. The minimum Gasteiger partial charge on any atom is -0.465 e. The Labute approximate surface area is 193 Å². The van der Waals surface area contributed by atoms with Crippen LogP contribution in [0.5, 0.6) is 0 Å². The van der Waals surface area contributed by atoms with E-state index in [-0.39, 0.29) is 23.6 Å². The molecule has 3 rings (SSSR count). The summed E-state index contributed by atoms with van der Waals surface area (Å²) in [5.74, 6) is -3.73. The minimum absolute atomic E-state index is 0.0928. The van der Waals surface area contributed by atoms with E-state index in [9.17, 15) is 24.0 Å². The highest BCUT2D eigenvalue weighted by Crippen LogP contribution is 2.20. The number of nitrogens with zero attached hydrogens (tertiary/aromatic N) is 1. The minimum atomic E-state index is -0.837. The fraction of sp³-hybridized carbons (Fsp3) is 0.227. The lowest BCUT2D eigenvalue weighted by Crippen LogP contribution is -2.43. The highest BCUT2D eigenvalue weighted by atomic mass is 35.5. The molecule has 1 atom stereocenters. The number of benzene rings is 2. The fourth-order valence-electron chi connectivity index (χ4n) is 3.06. The average Bonchev–Trinajstić information content (AvgIpc) is 3.17. The number of esters is 2. The van der Waals surface area contributed by atoms with Crippen LogP contribution in [0.2, 0.25) is 5.02 Å². The van der Waals surface area contributed by atoms with Gasteiger partial charge in [0.05, 0.1) is 35.7 Å². The maximum atomic E-state index is 12.3. The maximum absolute atomic E-state index is 12.3. The standard InChI is InChI=1S/C22H20ClN3O7/c1-32-21(30)13-6-8-15(9-7-13)24-18(27)12-33-22(31)14-10-19(28)26(11-14)25-20(29)16-4-2-3-5-17(16)23/h2-9,14H,10-12H2,1H3,(H,24,27)(H,25,29)/t14-/m1/s1. The number of ether oxygens (including phenoxy) is 2. The lowest BCUT2D eigenvalue weighted by Gasteiger charge is -2.18. The summed E-state index contributed by atoms with van der Waals surface area (Å²) in [7, 11) is 1.26. The molecular formula is C22H20ClN3O7. The van der Waals surface area contributed by atoms with Gasteiger partial charge in [0.15, 0.2) is 6.61 Å². The van der Waals surface area contributed by atoms with Gasteiger partial charge in [-0.25, -0.2) is 4.79 Å². The molecule has 1 aliphatic heterocycles. The quantitative estimate of drug-likeness (QED) is 0.586. The number of amides is 3. The van der Waals surface area contributed by atoms with Crippen molar-refractivity contribution in [2.75, 3.05) is 25.6 Å². The van der Waals surface area contributed by atoms with Crippen molar-refractivity contribution in [2.45, 2.75) is 6.42 Å². The fourth-order valence-corrected chi connectivity index (χ4v) is 3.28. The summed E-state index contributed by atoms with van der Waals surface area (Å²) >= 11 is 5.98. The molecule has 172 valence electrons. The molecule has 0 bridgehead atoms. The van der Waals surface area contributed by atoms with Crippen LogP contribution in [-0.4, -0.2) is 54.9 Å². The summed E-state index contributed by atoms with van der Waals surface area (Å²) in [5, 5.41) is 3.78. The SMILES string of the molecule is COC(=O)c1ccc(NC(=O)COC(=O)[C@@H]2CC(=O)N(NC(=O)c3ccccc3Cl)C2)cc1. The molecule has 1 heterocycles. The Morgan fingerprint density at radius 2 is 1.79 bits per heavy atom. The largest absolute Gasteiger partial charge is 0.465 e. The highest BCUT2D eigenvalue weighted by Gasteiger charge is 2.37. The number of halogens is 1. The van der Waals surface area contributed by atoms with E-state index in [1.54, 1.807) is 18.2 Å². The molecule has 0 spiro atoms. The zero-order valence-corrected chi connectivity index (χ0v) is 18.3. The van der Waals surface area contributed by atoms with Crippen molar-refractivity contribution in [3.8, 4) is 0 Å². The van der Waals surface area contributed by atoms with E-state index in [0.29, 0.717) is 11.3 Å². The molecule has 2 aromatic rings. The normalized spacial score (nSPS) is 15.0. The predicted molar refractivity (Wildman–Crippen MR) is 116 cm³/mol. The van der Waals surface area contributed by atoms with Crippen LogP contribution in [0.4, 0.5) is 5.69 Å². The number of carbonyl (C=O) groups is 5. The van der Waals surface area contributed by atoms with Gasteiger partial charge in [0.1, 0.15) is 0 Å². The summed E-state index contributed by atoms with van der Waals surface area (Å²) in [4.78, 5) is 60.3. The summed E-state index contributed by atoms with van der Waals surface area (Å²) in [6, 6.07) is 12.3. The number of carbonyl (C=O) groups excluding carboxylic acids is 5. The van der Waals surface area contributed by atoms with Crippen LogP contribution < -0.4 is 10.7 Å². The van der Waals surface area contributed by atoms with Gasteiger partial charge in [-0.1, -0.05) is 23.7 Å². The molecule has 0 aromatic heterocycles. The van der Waals surface area contributed by atoms with Gasteiger partial charge >= 0.3 is 11.9 Å². The Kier molecular flexibility index (Phi) is 7.62. The van der Waals surface area contributed by atoms with Crippen LogP contribution in [0.25, 0.3) is 0 Å². The number of hydrogen-bond donors (Lipinski definition) is 2. The third-order valence-corrected chi connectivity index (χ3v) is 5.08. The molecule has 2 N–H and O–H groups in total. The van der Waals surface area contributed by atoms with Crippen LogP contribution in [0, 0.1) is 5.92 Å². The lowest BCUT2D eigenvalue weighted by molar-refractivity contribution is -0.151. The Morgan fingerprint density at radius 3 is 2.45 bits per heavy atom. The molecule has 3 amide bonds. The topological polar surface area (TPSA) is 131 Å². The van der Waals surface area contributed by atoms with E-state index in [1.165, 1.54) is 37.4 Å². The van der Waals surface area contributed by atoms with Crippen molar-refractivity contribution in [1.29, 1.82) is 0 Å². The van der Waals surface area contributed by atoms with E-state index in [0.717, 1.165) is 5.01 Å². The van der Waals surface area contributed by atoms with Gasteiger partial charge in [-0.15, -0.1) is 0 Å². The number of anilines is 1. The van der Waals surface area contributed by atoms with E-state index in [1.807, 2.05) is 0 Å². The zero-order chi connectivity index (χ0) is 24.0. The summed E-state index contributed by atoms with van der Waals surface area (Å²) in [5.41, 5.74) is 3.33. The monoisotopic (exact) mass is 473 g/mol. The lowest BCUT2D eigenvalue weighted by atomic mass is 10.1.